The molecule has 0 radical (unpaired) electrons. The van der Waals surface area contributed by atoms with Gasteiger partial charge in [0.25, 0.3) is 0 Å². The van der Waals surface area contributed by atoms with Gasteiger partial charge in [-0.25, -0.2) is 0 Å². The van der Waals surface area contributed by atoms with Crippen molar-refractivity contribution in [3.05, 3.63) is 22.9 Å². The number of anilines is 1. The van der Waals surface area contributed by atoms with Crippen molar-refractivity contribution >= 4 is 21.6 Å². The predicted molar refractivity (Wildman–Crippen MR) is 61.5 cm³/mol. The molecule has 1 aromatic heterocycles. The highest BCUT2D eigenvalue weighted by Gasteiger charge is 2.03. The van der Waals surface area contributed by atoms with Crippen LogP contribution in [0.5, 0.6) is 0 Å². The lowest BCUT2D eigenvalue weighted by Gasteiger charge is -2.22. The Morgan fingerprint density at radius 2 is 2.29 bits per heavy atom. The Balaban J connectivity index is 2.68. The average Bonchev–Trinajstić information content (AvgIpc) is 2.19. The van der Waals surface area contributed by atoms with Crippen LogP contribution in [0.25, 0.3) is 0 Å². The first-order chi connectivity index (χ1) is 6.77. The molecule has 0 spiro atoms. The average molecular weight is 259 g/mol. The summed E-state index contributed by atoms with van der Waals surface area (Å²) in [5.41, 5.74) is 1.09. The summed E-state index contributed by atoms with van der Waals surface area (Å²) in [4.78, 5) is 6.30. The van der Waals surface area contributed by atoms with Gasteiger partial charge in [0.05, 0.1) is 11.9 Å². The molecule has 0 saturated carbocycles. The van der Waals surface area contributed by atoms with Crippen molar-refractivity contribution < 1.29 is 5.11 Å². The number of hydrogen-bond donors (Lipinski definition) is 1. The van der Waals surface area contributed by atoms with E-state index < -0.39 is 0 Å². The van der Waals surface area contributed by atoms with E-state index in [1.54, 1.807) is 6.20 Å². The minimum atomic E-state index is 0.234. The number of aliphatic hydroxyl groups excluding tert-OH is 1. The van der Waals surface area contributed by atoms with Crippen LogP contribution < -0.4 is 4.90 Å². The summed E-state index contributed by atoms with van der Waals surface area (Å²) in [5, 5.41) is 8.76. The van der Waals surface area contributed by atoms with Crippen molar-refractivity contribution in [2.24, 2.45) is 0 Å². The van der Waals surface area contributed by atoms with Crippen molar-refractivity contribution in [2.75, 3.05) is 24.6 Å². The Morgan fingerprint density at radius 1 is 1.50 bits per heavy atom. The van der Waals surface area contributed by atoms with Crippen molar-refractivity contribution in [3.63, 3.8) is 0 Å². The molecule has 0 atom stereocenters. The summed E-state index contributed by atoms with van der Waals surface area (Å²) in [7, 11) is 0. The summed E-state index contributed by atoms with van der Waals surface area (Å²) in [5.74, 6) is 0. The van der Waals surface area contributed by atoms with Gasteiger partial charge in [-0.05, 0) is 35.3 Å². The van der Waals surface area contributed by atoms with Gasteiger partial charge in [0, 0.05) is 30.4 Å². The number of halogens is 1. The zero-order valence-corrected chi connectivity index (χ0v) is 9.87. The lowest BCUT2D eigenvalue weighted by molar-refractivity contribution is 0.289. The first kappa shape index (κ1) is 11.5. The molecule has 0 amide bonds. The molecule has 0 aliphatic rings. The van der Waals surface area contributed by atoms with Crippen LogP contribution in [0.15, 0.2) is 22.9 Å². The Labute approximate surface area is 92.9 Å². The van der Waals surface area contributed by atoms with Crippen LogP contribution in [0.3, 0.4) is 0 Å². The third-order valence-electron chi connectivity index (χ3n) is 2.02. The topological polar surface area (TPSA) is 36.4 Å². The van der Waals surface area contributed by atoms with E-state index in [-0.39, 0.29) is 6.61 Å². The number of nitrogens with zero attached hydrogens (tertiary/aromatic N) is 2. The van der Waals surface area contributed by atoms with Crippen molar-refractivity contribution in [1.29, 1.82) is 0 Å². The van der Waals surface area contributed by atoms with Crippen LogP contribution in [0, 0.1) is 0 Å². The molecule has 4 heteroatoms. The van der Waals surface area contributed by atoms with Crippen LogP contribution >= 0.6 is 15.9 Å². The molecule has 0 unspecified atom stereocenters. The van der Waals surface area contributed by atoms with E-state index in [1.165, 1.54) is 0 Å². The molecule has 1 aromatic rings. The molecular formula is C10H15BrN2O. The minimum Gasteiger partial charge on any atom is -0.396 e. The Kier molecular flexibility index (Phi) is 4.90. The second kappa shape index (κ2) is 5.98. The molecular weight excluding hydrogens is 244 g/mol. The van der Waals surface area contributed by atoms with E-state index in [1.807, 2.05) is 12.3 Å². The second-order valence-corrected chi connectivity index (χ2v) is 3.93. The van der Waals surface area contributed by atoms with E-state index in [4.69, 9.17) is 5.11 Å². The summed E-state index contributed by atoms with van der Waals surface area (Å²) in [6.07, 6.45) is 4.40. The molecule has 0 fully saturated rings. The molecule has 1 N–H and O–H groups in total. The van der Waals surface area contributed by atoms with Crippen LogP contribution in [0.1, 0.15) is 13.3 Å². The van der Waals surface area contributed by atoms with Gasteiger partial charge in [-0.3, -0.25) is 4.98 Å². The summed E-state index contributed by atoms with van der Waals surface area (Å²) in [6.45, 7) is 4.12. The van der Waals surface area contributed by atoms with Gasteiger partial charge in [0.15, 0.2) is 0 Å². The smallest absolute Gasteiger partial charge is 0.0563 e. The zero-order valence-electron chi connectivity index (χ0n) is 8.28. The summed E-state index contributed by atoms with van der Waals surface area (Å²) in [6, 6.07) is 2.04. The van der Waals surface area contributed by atoms with Crippen LogP contribution in [-0.4, -0.2) is 29.8 Å². The summed E-state index contributed by atoms with van der Waals surface area (Å²) < 4.78 is 0.984. The van der Waals surface area contributed by atoms with E-state index >= 15 is 0 Å². The van der Waals surface area contributed by atoms with Crippen molar-refractivity contribution in [3.8, 4) is 0 Å². The van der Waals surface area contributed by atoms with Gasteiger partial charge < -0.3 is 10.0 Å². The van der Waals surface area contributed by atoms with Crippen molar-refractivity contribution in [1.82, 2.24) is 4.98 Å². The SMILES string of the molecule is CCN(CCCO)c1cncc(Br)c1. The largest absolute Gasteiger partial charge is 0.396 e. The highest BCUT2D eigenvalue weighted by atomic mass is 79.9. The van der Waals surface area contributed by atoms with E-state index in [9.17, 15) is 0 Å². The highest BCUT2D eigenvalue weighted by molar-refractivity contribution is 9.10. The molecule has 1 rings (SSSR count). The zero-order chi connectivity index (χ0) is 10.4. The maximum Gasteiger partial charge on any atom is 0.0563 e. The first-order valence-corrected chi connectivity index (χ1v) is 5.53. The fraction of sp³-hybridized carbons (Fsp3) is 0.500. The lowest BCUT2D eigenvalue weighted by Crippen LogP contribution is -2.24. The van der Waals surface area contributed by atoms with E-state index in [2.05, 4.69) is 32.7 Å². The lowest BCUT2D eigenvalue weighted by atomic mass is 10.3. The van der Waals surface area contributed by atoms with E-state index in [0.29, 0.717) is 0 Å². The Hall–Kier alpha value is -0.610. The van der Waals surface area contributed by atoms with Gasteiger partial charge in [-0.2, -0.15) is 0 Å². The maximum atomic E-state index is 8.76. The van der Waals surface area contributed by atoms with Crippen LogP contribution in [0.2, 0.25) is 0 Å². The fourth-order valence-electron chi connectivity index (χ4n) is 1.30. The molecule has 14 heavy (non-hydrogen) atoms. The molecule has 78 valence electrons. The minimum absolute atomic E-state index is 0.234. The fourth-order valence-corrected chi connectivity index (χ4v) is 1.66. The van der Waals surface area contributed by atoms with Crippen molar-refractivity contribution in [2.45, 2.75) is 13.3 Å². The summed E-state index contributed by atoms with van der Waals surface area (Å²) >= 11 is 3.39. The van der Waals surface area contributed by atoms with Crippen LogP contribution in [-0.2, 0) is 0 Å². The first-order valence-electron chi connectivity index (χ1n) is 4.74. The third kappa shape index (κ3) is 3.27. The highest BCUT2D eigenvalue weighted by Crippen LogP contribution is 2.18. The predicted octanol–water partition coefficient (Wildman–Crippen LogP) is 2.05. The van der Waals surface area contributed by atoms with Crippen LogP contribution in [0.4, 0.5) is 5.69 Å². The Morgan fingerprint density at radius 3 is 2.86 bits per heavy atom. The third-order valence-corrected chi connectivity index (χ3v) is 2.46. The monoisotopic (exact) mass is 258 g/mol. The number of rotatable bonds is 5. The second-order valence-electron chi connectivity index (χ2n) is 3.02. The normalized spacial score (nSPS) is 10.2. The number of hydrogen-bond acceptors (Lipinski definition) is 3. The molecule has 0 saturated heterocycles. The molecule has 0 aliphatic heterocycles. The quantitative estimate of drug-likeness (QED) is 0.879. The van der Waals surface area contributed by atoms with Gasteiger partial charge in [-0.15, -0.1) is 0 Å². The maximum absolute atomic E-state index is 8.76. The standard InChI is InChI=1S/C10H15BrN2O/c1-2-13(4-3-5-14)10-6-9(11)7-12-8-10/h6-8,14H,2-5H2,1H3. The Bertz CT molecular complexity index is 281. The molecule has 0 aliphatic carbocycles. The van der Waals surface area contributed by atoms with Gasteiger partial charge in [0.2, 0.25) is 0 Å². The molecule has 0 bridgehead atoms. The van der Waals surface area contributed by atoms with Gasteiger partial charge in [-0.1, -0.05) is 0 Å². The van der Waals surface area contributed by atoms with Gasteiger partial charge in [0.1, 0.15) is 0 Å². The van der Waals surface area contributed by atoms with Gasteiger partial charge >= 0.3 is 0 Å². The molecule has 0 aromatic carbocycles. The number of pyridine rings is 1. The number of aromatic nitrogens is 1. The molecule has 1 heterocycles. The molecule has 3 nitrogen and oxygen atoms in total. The number of aliphatic hydroxyl groups is 1. The van der Waals surface area contributed by atoms with E-state index in [0.717, 1.165) is 29.7 Å².